The number of rotatable bonds is 8. The van der Waals surface area contributed by atoms with E-state index in [4.69, 9.17) is 0 Å². The van der Waals surface area contributed by atoms with Crippen LogP contribution in [0.1, 0.15) is 58.4 Å². The van der Waals surface area contributed by atoms with Gasteiger partial charge in [-0.05, 0) is 62.6 Å². The largest absolute Gasteiger partial charge is 0.386 e. The summed E-state index contributed by atoms with van der Waals surface area (Å²) in [7, 11) is 1.96. The van der Waals surface area contributed by atoms with Gasteiger partial charge in [-0.15, -0.1) is 0 Å². The Morgan fingerprint density at radius 1 is 1.20 bits per heavy atom. The molecule has 0 heterocycles. The first kappa shape index (κ1) is 19.2. The van der Waals surface area contributed by atoms with E-state index in [0.717, 1.165) is 29.1 Å². The summed E-state index contributed by atoms with van der Waals surface area (Å²) in [5, 5.41) is 10.4. The van der Waals surface area contributed by atoms with Crippen LogP contribution in [-0.4, -0.2) is 13.1 Å². The van der Waals surface area contributed by atoms with Gasteiger partial charge in [-0.3, -0.25) is 0 Å². The van der Waals surface area contributed by atoms with Crippen molar-refractivity contribution in [2.45, 2.75) is 58.9 Å². The van der Waals surface area contributed by atoms with Crippen LogP contribution in [0.15, 0.2) is 42.6 Å². The van der Waals surface area contributed by atoms with Crippen molar-refractivity contribution >= 4 is 22.6 Å². The first-order chi connectivity index (χ1) is 12.0. The second-order valence-electron chi connectivity index (χ2n) is 6.96. The van der Waals surface area contributed by atoms with E-state index >= 15 is 0 Å². The molecule has 1 aliphatic carbocycles. The molecule has 3 nitrogen and oxygen atoms in total. The van der Waals surface area contributed by atoms with Crippen molar-refractivity contribution in [2.75, 3.05) is 23.0 Å². The maximum atomic E-state index is 4.22. The normalized spacial score (nSPS) is 15.5. The van der Waals surface area contributed by atoms with Crippen LogP contribution in [0.2, 0.25) is 0 Å². The molecule has 0 aliphatic heterocycles. The average molecular weight is 340 g/mol. The molecule has 0 radical (unpaired) electrons. The highest BCUT2D eigenvalue weighted by Gasteiger charge is 2.19. The molecule has 1 aromatic rings. The fraction of sp³-hybridized carbons (Fsp3) is 0.455. The SMILES string of the molecule is C=CNc1c(NC)cc(/C(C(=C)C)=C(\C)CC)cc1NC1CCCC1. The van der Waals surface area contributed by atoms with Gasteiger partial charge in [-0.1, -0.05) is 44.1 Å². The molecule has 2 rings (SSSR count). The highest BCUT2D eigenvalue weighted by molar-refractivity contribution is 5.91. The summed E-state index contributed by atoms with van der Waals surface area (Å²) >= 11 is 0. The number of hydrogen-bond acceptors (Lipinski definition) is 3. The third-order valence-electron chi connectivity index (χ3n) is 5.04. The minimum absolute atomic E-state index is 0.551. The van der Waals surface area contributed by atoms with Crippen molar-refractivity contribution < 1.29 is 0 Å². The lowest BCUT2D eigenvalue weighted by Crippen LogP contribution is -2.16. The number of hydrogen-bond donors (Lipinski definition) is 3. The van der Waals surface area contributed by atoms with Crippen molar-refractivity contribution in [3.63, 3.8) is 0 Å². The zero-order valence-electron chi connectivity index (χ0n) is 16.3. The van der Waals surface area contributed by atoms with Gasteiger partial charge < -0.3 is 16.0 Å². The van der Waals surface area contributed by atoms with Crippen LogP contribution in [0, 0.1) is 0 Å². The van der Waals surface area contributed by atoms with Crippen molar-refractivity contribution in [1.82, 2.24) is 0 Å². The van der Waals surface area contributed by atoms with Gasteiger partial charge in [0, 0.05) is 13.1 Å². The number of allylic oxidation sites excluding steroid dienone is 3. The van der Waals surface area contributed by atoms with E-state index in [0.29, 0.717) is 6.04 Å². The summed E-state index contributed by atoms with van der Waals surface area (Å²) in [6, 6.07) is 5.01. The molecular formula is C22H33N3. The van der Waals surface area contributed by atoms with Crippen molar-refractivity contribution in [3.05, 3.63) is 48.2 Å². The molecule has 1 aliphatic rings. The van der Waals surface area contributed by atoms with Crippen molar-refractivity contribution in [3.8, 4) is 0 Å². The third-order valence-corrected chi connectivity index (χ3v) is 5.04. The standard InChI is InChI=1S/C22H33N3/c1-7-16(5)21(15(3)4)17-13-19(23-6)22(24-8-2)20(14-17)25-18-11-9-10-12-18/h8,13-14,18,23-25H,2-3,7,9-12H2,1,4-6H3/b21-16+. The molecule has 1 aromatic carbocycles. The Bertz CT molecular complexity index is 664. The summed E-state index contributed by atoms with van der Waals surface area (Å²) in [4.78, 5) is 0. The minimum atomic E-state index is 0.551. The van der Waals surface area contributed by atoms with Gasteiger partial charge >= 0.3 is 0 Å². The van der Waals surface area contributed by atoms with E-state index in [-0.39, 0.29) is 0 Å². The predicted molar refractivity (Wildman–Crippen MR) is 113 cm³/mol. The summed E-state index contributed by atoms with van der Waals surface area (Å²) in [5.41, 5.74) is 8.22. The zero-order valence-corrected chi connectivity index (χ0v) is 16.3. The topological polar surface area (TPSA) is 36.1 Å². The van der Waals surface area contributed by atoms with Crippen LogP contribution in [0.5, 0.6) is 0 Å². The summed E-state index contributed by atoms with van der Waals surface area (Å²) in [6.07, 6.45) is 7.86. The molecule has 3 heteroatoms. The van der Waals surface area contributed by atoms with Gasteiger partial charge in [0.2, 0.25) is 0 Å². The van der Waals surface area contributed by atoms with E-state index in [9.17, 15) is 0 Å². The summed E-state index contributed by atoms with van der Waals surface area (Å²) < 4.78 is 0. The second kappa shape index (κ2) is 8.80. The first-order valence-electron chi connectivity index (χ1n) is 9.37. The van der Waals surface area contributed by atoms with Crippen molar-refractivity contribution in [1.29, 1.82) is 0 Å². The van der Waals surface area contributed by atoms with E-state index in [1.165, 1.54) is 42.4 Å². The van der Waals surface area contributed by atoms with Gasteiger partial charge in [0.15, 0.2) is 0 Å². The fourth-order valence-electron chi connectivity index (χ4n) is 3.68. The molecule has 0 atom stereocenters. The van der Waals surface area contributed by atoms with Gasteiger partial charge in [-0.2, -0.15) is 0 Å². The van der Waals surface area contributed by atoms with Gasteiger partial charge in [-0.25, -0.2) is 0 Å². The summed E-state index contributed by atoms with van der Waals surface area (Å²) in [6.45, 7) is 14.5. The maximum Gasteiger partial charge on any atom is 0.0851 e. The quantitative estimate of drug-likeness (QED) is 0.480. The summed E-state index contributed by atoms with van der Waals surface area (Å²) in [5.74, 6) is 0. The highest BCUT2D eigenvalue weighted by atomic mass is 15.0. The van der Waals surface area contributed by atoms with Crippen LogP contribution in [0.4, 0.5) is 17.1 Å². The highest BCUT2D eigenvalue weighted by Crippen LogP contribution is 2.39. The molecule has 1 fully saturated rings. The lowest BCUT2D eigenvalue weighted by Gasteiger charge is -2.23. The number of nitrogens with one attached hydrogen (secondary N) is 3. The van der Waals surface area contributed by atoms with Gasteiger partial charge in [0.1, 0.15) is 0 Å². The molecule has 0 saturated heterocycles. The monoisotopic (exact) mass is 339 g/mol. The Labute approximate surface area is 153 Å². The van der Waals surface area contributed by atoms with Crippen LogP contribution in [-0.2, 0) is 0 Å². The Kier molecular flexibility index (Phi) is 6.74. The molecule has 0 bridgehead atoms. The molecule has 25 heavy (non-hydrogen) atoms. The molecule has 0 unspecified atom stereocenters. The Morgan fingerprint density at radius 2 is 1.84 bits per heavy atom. The van der Waals surface area contributed by atoms with E-state index in [2.05, 4.69) is 62.0 Å². The molecular weight excluding hydrogens is 306 g/mol. The molecule has 136 valence electrons. The molecule has 0 aromatic heterocycles. The van der Waals surface area contributed by atoms with E-state index in [1.54, 1.807) is 6.20 Å². The number of benzene rings is 1. The smallest absolute Gasteiger partial charge is 0.0851 e. The third kappa shape index (κ3) is 4.47. The van der Waals surface area contributed by atoms with Crippen LogP contribution in [0.3, 0.4) is 0 Å². The van der Waals surface area contributed by atoms with Gasteiger partial charge in [0.05, 0.1) is 17.1 Å². The van der Waals surface area contributed by atoms with Gasteiger partial charge in [0.25, 0.3) is 0 Å². The lowest BCUT2D eigenvalue weighted by molar-refractivity contribution is 0.756. The minimum Gasteiger partial charge on any atom is -0.386 e. The lowest BCUT2D eigenvalue weighted by atomic mass is 9.92. The van der Waals surface area contributed by atoms with E-state index in [1.807, 2.05) is 7.05 Å². The first-order valence-corrected chi connectivity index (χ1v) is 9.37. The molecule has 0 amide bonds. The van der Waals surface area contributed by atoms with E-state index < -0.39 is 0 Å². The zero-order chi connectivity index (χ0) is 18.4. The van der Waals surface area contributed by atoms with Crippen LogP contribution in [0.25, 0.3) is 5.57 Å². The Morgan fingerprint density at radius 3 is 2.36 bits per heavy atom. The van der Waals surface area contributed by atoms with Crippen LogP contribution >= 0.6 is 0 Å². The Hall–Kier alpha value is -2.16. The molecule has 0 spiro atoms. The van der Waals surface area contributed by atoms with Crippen molar-refractivity contribution in [2.24, 2.45) is 0 Å². The van der Waals surface area contributed by atoms with Crippen LogP contribution < -0.4 is 16.0 Å². The molecule has 3 N–H and O–H groups in total. The Balaban J connectivity index is 2.57. The number of anilines is 3. The molecule has 1 saturated carbocycles. The predicted octanol–water partition coefficient (Wildman–Crippen LogP) is 6.40. The maximum absolute atomic E-state index is 4.22. The second-order valence-corrected chi connectivity index (χ2v) is 6.96. The fourth-order valence-corrected chi connectivity index (χ4v) is 3.68. The average Bonchev–Trinajstić information content (AvgIpc) is 3.09.